The van der Waals surface area contributed by atoms with E-state index in [4.69, 9.17) is 9.97 Å². The molecule has 4 nitrogen and oxygen atoms in total. The van der Waals surface area contributed by atoms with E-state index >= 15 is 0 Å². The zero-order valence-corrected chi connectivity index (χ0v) is 29.0. The van der Waals surface area contributed by atoms with Crippen molar-refractivity contribution < 1.29 is 0 Å². The molecule has 50 heavy (non-hydrogen) atoms. The summed E-state index contributed by atoms with van der Waals surface area (Å²) in [6.07, 6.45) is 9.12. The Hall–Kier alpha value is -5.74. The van der Waals surface area contributed by atoms with Crippen LogP contribution in [0.25, 0.3) is 22.5 Å². The van der Waals surface area contributed by atoms with Crippen LogP contribution in [0.4, 0.5) is 28.7 Å². The minimum absolute atomic E-state index is 0.0378. The Labute approximate surface area is 295 Å². The fourth-order valence-corrected chi connectivity index (χ4v) is 8.55. The van der Waals surface area contributed by atoms with Crippen LogP contribution in [-0.2, 0) is 10.8 Å². The van der Waals surface area contributed by atoms with Gasteiger partial charge in [0, 0.05) is 33.6 Å². The molecule has 0 spiro atoms. The van der Waals surface area contributed by atoms with Crippen LogP contribution in [0.15, 0.2) is 158 Å². The lowest BCUT2D eigenvalue weighted by molar-refractivity contribution is 0.331. The standard InChI is InChI=1S/C46H40N4/c1-45(2)33-23-11-15-27-37(33)49(38-28-16-12-24-34(38)45)43-44(48-42(32-21-9-6-10-22-32)41(47-43)31-19-7-5-8-20-31)50-39-29-17-13-25-35(39)46(3,4)36-26-14-18-30-40(36)50/h5-30,33,37H,1-4H3. The quantitative estimate of drug-likeness (QED) is 0.190. The summed E-state index contributed by atoms with van der Waals surface area (Å²) in [5, 5.41) is 0. The van der Waals surface area contributed by atoms with E-state index < -0.39 is 0 Å². The predicted octanol–water partition coefficient (Wildman–Crippen LogP) is 11.5. The Morgan fingerprint density at radius 1 is 0.480 bits per heavy atom. The first-order chi connectivity index (χ1) is 24.4. The highest BCUT2D eigenvalue weighted by atomic mass is 15.3. The first-order valence-corrected chi connectivity index (χ1v) is 17.6. The number of aromatic nitrogens is 2. The number of fused-ring (bicyclic) bond motifs is 4. The smallest absolute Gasteiger partial charge is 0.182 e. The molecule has 1 aromatic heterocycles. The molecule has 0 amide bonds. The SMILES string of the molecule is CC1(C)c2ccccc2N(c2nc(-c3ccccc3)c(-c3ccccc3)nc2N2c3ccccc3C(C)(C)C3C=CC=CC32)c2ccccc21. The third-order valence-corrected chi connectivity index (χ3v) is 11.1. The van der Waals surface area contributed by atoms with Gasteiger partial charge in [-0.2, -0.15) is 0 Å². The number of anilines is 5. The molecule has 0 saturated carbocycles. The van der Waals surface area contributed by atoms with Crippen LogP contribution in [0.5, 0.6) is 0 Å². The molecule has 2 unspecified atom stereocenters. The number of rotatable bonds is 4. The van der Waals surface area contributed by atoms with Crippen LogP contribution in [0.2, 0.25) is 0 Å². The Bertz CT molecular complexity index is 2250. The average molecular weight is 649 g/mol. The molecule has 0 saturated heterocycles. The summed E-state index contributed by atoms with van der Waals surface area (Å²) in [6, 6.07) is 47.6. The number of allylic oxidation sites excluding steroid dienone is 2. The van der Waals surface area contributed by atoms with Crippen LogP contribution < -0.4 is 9.80 Å². The second-order valence-electron chi connectivity index (χ2n) is 14.7. The third kappa shape index (κ3) is 4.51. The van der Waals surface area contributed by atoms with Gasteiger partial charge in [0.1, 0.15) is 0 Å². The number of nitrogens with zero attached hydrogens (tertiary/aromatic N) is 4. The summed E-state index contributed by atoms with van der Waals surface area (Å²) in [6.45, 7) is 9.42. The molecule has 0 N–H and O–H groups in total. The summed E-state index contributed by atoms with van der Waals surface area (Å²) in [7, 11) is 0. The van der Waals surface area contributed by atoms with Gasteiger partial charge in [0.05, 0.1) is 28.8 Å². The molecule has 3 heterocycles. The lowest BCUT2D eigenvalue weighted by Gasteiger charge is -2.51. The molecule has 2 atom stereocenters. The number of hydrogen-bond acceptors (Lipinski definition) is 4. The van der Waals surface area contributed by atoms with Crippen molar-refractivity contribution in [3.63, 3.8) is 0 Å². The van der Waals surface area contributed by atoms with Crippen molar-refractivity contribution in [1.82, 2.24) is 9.97 Å². The molecule has 0 fully saturated rings. The van der Waals surface area contributed by atoms with Gasteiger partial charge in [-0.1, -0.05) is 167 Å². The molecule has 2 aliphatic heterocycles. The van der Waals surface area contributed by atoms with Gasteiger partial charge in [0.25, 0.3) is 0 Å². The molecular formula is C46H40N4. The Morgan fingerprint density at radius 3 is 1.52 bits per heavy atom. The van der Waals surface area contributed by atoms with Gasteiger partial charge in [-0.05, 0) is 34.9 Å². The monoisotopic (exact) mass is 648 g/mol. The Morgan fingerprint density at radius 2 is 0.940 bits per heavy atom. The van der Waals surface area contributed by atoms with E-state index in [2.05, 4.69) is 195 Å². The fraction of sp³-hybridized carbons (Fsp3) is 0.174. The zero-order chi connectivity index (χ0) is 34.0. The molecule has 0 bridgehead atoms. The van der Waals surface area contributed by atoms with Crippen molar-refractivity contribution in [2.75, 3.05) is 9.80 Å². The molecule has 0 radical (unpaired) electrons. The van der Waals surface area contributed by atoms with E-state index in [1.54, 1.807) is 0 Å². The second kappa shape index (κ2) is 11.4. The topological polar surface area (TPSA) is 32.3 Å². The Kier molecular flexibility index (Phi) is 6.93. The molecular weight excluding hydrogens is 609 g/mol. The van der Waals surface area contributed by atoms with Gasteiger partial charge in [0.2, 0.25) is 0 Å². The fourth-order valence-electron chi connectivity index (χ4n) is 8.55. The normalized spacial score (nSPS) is 19.3. The Balaban J connectivity index is 1.42. The molecule has 5 aromatic carbocycles. The zero-order valence-electron chi connectivity index (χ0n) is 29.0. The van der Waals surface area contributed by atoms with Gasteiger partial charge in [0.15, 0.2) is 11.6 Å². The van der Waals surface area contributed by atoms with Gasteiger partial charge in [-0.25, -0.2) is 9.97 Å². The molecule has 244 valence electrons. The molecule has 4 heteroatoms. The highest BCUT2D eigenvalue weighted by Crippen LogP contribution is 2.56. The van der Waals surface area contributed by atoms with E-state index in [1.165, 1.54) is 22.4 Å². The summed E-state index contributed by atoms with van der Waals surface area (Å²) >= 11 is 0. The van der Waals surface area contributed by atoms with Gasteiger partial charge in [-0.15, -0.1) is 0 Å². The highest BCUT2D eigenvalue weighted by molar-refractivity contribution is 5.93. The molecule has 3 aliphatic rings. The van der Waals surface area contributed by atoms with Crippen LogP contribution in [-0.4, -0.2) is 16.0 Å². The molecule has 6 aromatic rings. The van der Waals surface area contributed by atoms with Gasteiger partial charge < -0.3 is 4.90 Å². The second-order valence-corrected chi connectivity index (χ2v) is 14.7. The average Bonchev–Trinajstić information content (AvgIpc) is 3.16. The van der Waals surface area contributed by atoms with Crippen LogP contribution in [0, 0.1) is 5.92 Å². The largest absolute Gasteiger partial charge is 0.315 e. The van der Waals surface area contributed by atoms with E-state index in [0.29, 0.717) is 0 Å². The van der Waals surface area contributed by atoms with Crippen molar-refractivity contribution in [2.45, 2.75) is 44.6 Å². The van der Waals surface area contributed by atoms with Crippen LogP contribution >= 0.6 is 0 Å². The number of hydrogen-bond donors (Lipinski definition) is 0. The summed E-state index contributed by atoms with van der Waals surface area (Å²) in [5.41, 5.74) is 10.7. The lowest BCUT2D eigenvalue weighted by atomic mass is 9.65. The maximum absolute atomic E-state index is 5.80. The summed E-state index contributed by atoms with van der Waals surface area (Å²) < 4.78 is 0. The number of benzene rings is 5. The predicted molar refractivity (Wildman–Crippen MR) is 207 cm³/mol. The van der Waals surface area contributed by atoms with Crippen molar-refractivity contribution in [3.05, 3.63) is 174 Å². The van der Waals surface area contributed by atoms with Crippen LogP contribution in [0.3, 0.4) is 0 Å². The van der Waals surface area contributed by atoms with Gasteiger partial charge >= 0.3 is 0 Å². The maximum Gasteiger partial charge on any atom is 0.182 e. The van der Waals surface area contributed by atoms with Crippen molar-refractivity contribution in [2.24, 2.45) is 5.92 Å². The van der Waals surface area contributed by atoms with Crippen molar-refractivity contribution in [1.29, 1.82) is 0 Å². The first-order valence-electron chi connectivity index (χ1n) is 17.6. The van der Waals surface area contributed by atoms with Crippen molar-refractivity contribution >= 4 is 28.7 Å². The minimum Gasteiger partial charge on any atom is -0.315 e. The van der Waals surface area contributed by atoms with E-state index in [1.807, 2.05) is 0 Å². The van der Waals surface area contributed by atoms with E-state index in [9.17, 15) is 0 Å². The van der Waals surface area contributed by atoms with Gasteiger partial charge in [-0.3, -0.25) is 4.90 Å². The lowest BCUT2D eigenvalue weighted by Crippen LogP contribution is -2.50. The van der Waals surface area contributed by atoms with E-state index in [0.717, 1.165) is 45.5 Å². The first kappa shape index (κ1) is 30.3. The van der Waals surface area contributed by atoms with E-state index in [-0.39, 0.29) is 22.8 Å². The highest BCUT2D eigenvalue weighted by Gasteiger charge is 2.47. The minimum atomic E-state index is -0.201. The summed E-state index contributed by atoms with van der Waals surface area (Å²) in [4.78, 5) is 16.4. The van der Waals surface area contributed by atoms with Crippen molar-refractivity contribution in [3.8, 4) is 22.5 Å². The maximum atomic E-state index is 5.80. The molecule has 1 aliphatic carbocycles. The summed E-state index contributed by atoms with van der Waals surface area (Å²) in [5.74, 6) is 1.88. The molecule has 9 rings (SSSR count). The third-order valence-electron chi connectivity index (χ3n) is 11.1. The van der Waals surface area contributed by atoms with Crippen LogP contribution in [0.1, 0.15) is 44.4 Å². The number of para-hydroxylation sites is 3.